The molecule has 98 valence electrons. The van der Waals surface area contributed by atoms with Crippen LogP contribution in [0, 0.1) is 5.82 Å². The first-order chi connectivity index (χ1) is 9.06. The van der Waals surface area contributed by atoms with Crippen LogP contribution in [-0.2, 0) is 16.6 Å². The number of hydrogen-bond acceptors (Lipinski definition) is 2. The molecule has 0 fully saturated rings. The zero-order valence-corrected chi connectivity index (χ0v) is 10.7. The van der Waals surface area contributed by atoms with Crippen molar-refractivity contribution in [3.8, 4) is 0 Å². The van der Waals surface area contributed by atoms with Crippen molar-refractivity contribution in [3.63, 3.8) is 0 Å². The van der Waals surface area contributed by atoms with E-state index in [1.165, 1.54) is 36.4 Å². The number of hydrogen-bond donors (Lipinski definition) is 1. The van der Waals surface area contributed by atoms with Gasteiger partial charge in [-0.25, -0.2) is 9.18 Å². The molecule has 0 aromatic heterocycles. The summed E-state index contributed by atoms with van der Waals surface area (Å²) in [7, 11) is -1.28. The quantitative estimate of drug-likeness (QED) is 0.935. The lowest BCUT2D eigenvalue weighted by molar-refractivity contribution is 0.0697. The van der Waals surface area contributed by atoms with Gasteiger partial charge in [0, 0.05) is 4.90 Å². The van der Waals surface area contributed by atoms with Crippen LogP contribution >= 0.6 is 0 Å². The first-order valence-electron chi connectivity index (χ1n) is 5.52. The van der Waals surface area contributed by atoms with Crippen LogP contribution in [0.25, 0.3) is 0 Å². The SMILES string of the molecule is O=C(O)c1ccc(S(=O)Cc2ccc(F)cc2)cc1. The van der Waals surface area contributed by atoms with Gasteiger partial charge in [0.25, 0.3) is 0 Å². The number of rotatable bonds is 4. The highest BCUT2D eigenvalue weighted by molar-refractivity contribution is 7.84. The summed E-state index contributed by atoms with van der Waals surface area (Å²) in [5.74, 6) is -1.08. The number of carboxylic acids is 1. The molecule has 0 aliphatic heterocycles. The molecule has 2 rings (SSSR count). The van der Waals surface area contributed by atoms with Crippen LogP contribution in [-0.4, -0.2) is 15.3 Å². The van der Waals surface area contributed by atoms with Crippen molar-refractivity contribution in [1.29, 1.82) is 0 Å². The Morgan fingerprint density at radius 3 is 2.16 bits per heavy atom. The van der Waals surface area contributed by atoms with E-state index < -0.39 is 16.8 Å². The average molecular weight is 278 g/mol. The minimum Gasteiger partial charge on any atom is -0.478 e. The van der Waals surface area contributed by atoms with Gasteiger partial charge in [-0.2, -0.15) is 0 Å². The smallest absolute Gasteiger partial charge is 0.335 e. The molecule has 2 aromatic carbocycles. The second-order valence-corrected chi connectivity index (χ2v) is 5.40. The van der Waals surface area contributed by atoms with E-state index in [1.807, 2.05) is 0 Å². The van der Waals surface area contributed by atoms with Gasteiger partial charge in [0.05, 0.1) is 22.1 Å². The predicted octanol–water partition coefficient (Wildman–Crippen LogP) is 2.83. The Hall–Kier alpha value is -2.01. The predicted molar refractivity (Wildman–Crippen MR) is 69.9 cm³/mol. The van der Waals surface area contributed by atoms with Crippen molar-refractivity contribution in [2.45, 2.75) is 10.6 Å². The lowest BCUT2D eigenvalue weighted by Crippen LogP contribution is -1.99. The van der Waals surface area contributed by atoms with Crippen LogP contribution < -0.4 is 0 Å². The van der Waals surface area contributed by atoms with Gasteiger partial charge in [0.15, 0.2) is 0 Å². The van der Waals surface area contributed by atoms with Crippen molar-refractivity contribution in [1.82, 2.24) is 0 Å². The molecule has 1 atom stereocenters. The summed E-state index contributed by atoms with van der Waals surface area (Å²) in [6.07, 6.45) is 0. The van der Waals surface area contributed by atoms with E-state index in [4.69, 9.17) is 5.11 Å². The van der Waals surface area contributed by atoms with E-state index in [-0.39, 0.29) is 17.1 Å². The first kappa shape index (κ1) is 13.4. The van der Waals surface area contributed by atoms with Crippen molar-refractivity contribution in [2.24, 2.45) is 0 Å². The van der Waals surface area contributed by atoms with E-state index in [9.17, 15) is 13.4 Å². The Balaban J connectivity index is 2.11. The third-order valence-corrected chi connectivity index (χ3v) is 3.97. The van der Waals surface area contributed by atoms with Gasteiger partial charge in [-0.05, 0) is 42.0 Å². The Kier molecular flexibility index (Phi) is 4.06. The maximum absolute atomic E-state index is 12.7. The van der Waals surface area contributed by atoms with Gasteiger partial charge >= 0.3 is 5.97 Å². The molecule has 0 heterocycles. The summed E-state index contributed by atoms with van der Waals surface area (Å²) >= 11 is 0. The summed E-state index contributed by atoms with van der Waals surface area (Å²) in [6, 6.07) is 11.7. The van der Waals surface area contributed by atoms with Gasteiger partial charge in [-0.3, -0.25) is 4.21 Å². The summed E-state index contributed by atoms with van der Waals surface area (Å²) < 4.78 is 24.8. The minimum atomic E-state index is -1.28. The van der Waals surface area contributed by atoms with Gasteiger partial charge in [0.1, 0.15) is 5.82 Å². The zero-order valence-electron chi connectivity index (χ0n) is 9.88. The summed E-state index contributed by atoms with van der Waals surface area (Å²) in [5.41, 5.74) is 0.921. The normalized spacial score (nSPS) is 12.1. The molecule has 0 saturated heterocycles. The third kappa shape index (κ3) is 3.48. The molecular formula is C14H11FO3S. The van der Waals surface area contributed by atoms with Gasteiger partial charge in [0.2, 0.25) is 0 Å². The molecule has 2 aromatic rings. The molecule has 0 bridgehead atoms. The fourth-order valence-corrected chi connectivity index (χ4v) is 2.67. The monoisotopic (exact) mass is 278 g/mol. The van der Waals surface area contributed by atoms with Crippen LogP contribution in [0.15, 0.2) is 53.4 Å². The zero-order chi connectivity index (χ0) is 13.8. The lowest BCUT2D eigenvalue weighted by Gasteiger charge is -2.03. The Morgan fingerprint density at radius 1 is 1.05 bits per heavy atom. The molecule has 0 aliphatic carbocycles. The second kappa shape index (κ2) is 5.75. The second-order valence-electron chi connectivity index (χ2n) is 3.95. The first-order valence-corrected chi connectivity index (χ1v) is 6.84. The standard InChI is InChI=1S/C14H11FO3S/c15-12-5-1-10(2-6-12)9-19(18)13-7-3-11(4-8-13)14(16)17/h1-8H,9H2,(H,16,17). The van der Waals surface area contributed by atoms with Gasteiger partial charge < -0.3 is 5.11 Å². The number of benzene rings is 2. The number of halogens is 1. The Morgan fingerprint density at radius 2 is 1.63 bits per heavy atom. The van der Waals surface area contributed by atoms with Crippen LogP contribution in [0.4, 0.5) is 4.39 Å². The van der Waals surface area contributed by atoms with Crippen LogP contribution in [0.2, 0.25) is 0 Å². The molecule has 19 heavy (non-hydrogen) atoms. The summed E-state index contributed by atoms with van der Waals surface area (Å²) in [6.45, 7) is 0. The highest BCUT2D eigenvalue weighted by Gasteiger charge is 2.07. The van der Waals surface area contributed by atoms with Crippen LogP contribution in [0.5, 0.6) is 0 Å². The molecule has 3 nitrogen and oxygen atoms in total. The van der Waals surface area contributed by atoms with E-state index in [2.05, 4.69) is 0 Å². The van der Waals surface area contributed by atoms with Crippen molar-refractivity contribution in [3.05, 3.63) is 65.5 Å². The van der Waals surface area contributed by atoms with Crippen LogP contribution in [0.3, 0.4) is 0 Å². The summed E-state index contributed by atoms with van der Waals surface area (Å²) in [4.78, 5) is 11.2. The fourth-order valence-electron chi connectivity index (χ4n) is 1.56. The molecule has 0 saturated carbocycles. The molecule has 1 N–H and O–H groups in total. The van der Waals surface area contributed by atoms with Crippen molar-refractivity contribution >= 4 is 16.8 Å². The van der Waals surface area contributed by atoms with E-state index in [0.717, 1.165) is 5.56 Å². The molecule has 1 unspecified atom stereocenters. The Labute approximate surface area is 112 Å². The highest BCUT2D eigenvalue weighted by Crippen LogP contribution is 2.14. The molecule has 0 amide bonds. The van der Waals surface area contributed by atoms with Crippen molar-refractivity contribution < 1.29 is 18.5 Å². The topological polar surface area (TPSA) is 54.4 Å². The molecule has 0 radical (unpaired) electrons. The lowest BCUT2D eigenvalue weighted by atomic mass is 10.2. The van der Waals surface area contributed by atoms with Gasteiger partial charge in [-0.1, -0.05) is 12.1 Å². The van der Waals surface area contributed by atoms with Crippen LogP contribution in [0.1, 0.15) is 15.9 Å². The molecular weight excluding hydrogens is 267 g/mol. The Bertz CT molecular complexity index is 606. The average Bonchev–Trinajstić information content (AvgIpc) is 2.41. The number of aromatic carboxylic acids is 1. The maximum Gasteiger partial charge on any atom is 0.335 e. The largest absolute Gasteiger partial charge is 0.478 e. The minimum absolute atomic E-state index is 0.155. The molecule has 0 aliphatic rings. The highest BCUT2D eigenvalue weighted by atomic mass is 32.2. The van der Waals surface area contributed by atoms with E-state index in [0.29, 0.717) is 4.90 Å². The summed E-state index contributed by atoms with van der Waals surface area (Å²) in [5, 5.41) is 8.76. The molecule has 5 heteroatoms. The maximum atomic E-state index is 12.7. The number of carbonyl (C=O) groups is 1. The van der Waals surface area contributed by atoms with Gasteiger partial charge in [-0.15, -0.1) is 0 Å². The molecule has 0 spiro atoms. The van der Waals surface area contributed by atoms with E-state index >= 15 is 0 Å². The third-order valence-electron chi connectivity index (χ3n) is 2.58. The number of carboxylic acid groups (broad SMARTS) is 1. The van der Waals surface area contributed by atoms with Crippen molar-refractivity contribution in [2.75, 3.05) is 0 Å². The fraction of sp³-hybridized carbons (Fsp3) is 0.0714. The van der Waals surface area contributed by atoms with E-state index in [1.54, 1.807) is 12.1 Å².